The number of allylic oxidation sites excluding steroid dienone is 3. The number of benzene rings is 1. The molecule has 1 aromatic rings. The number of methoxy groups -OCH3 is 1. The summed E-state index contributed by atoms with van der Waals surface area (Å²) < 4.78 is 6.09. The molecule has 0 spiro atoms. The van der Waals surface area contributed by atoms with E-state index >= 15 is 0 Å². The lowest BCUT2D eigenvalue weighted by Gasteiger charge is -2.22. The Labute approximate surface area is 150 Å². The van der Waals surface area contributed by atoms with E-state index in [9.17, 15) is 4.79 Å². The van der Waals surface area contributed by atoms with Crippen molar-refractivity contribution in [3.8, 4) is 5.75 Å². The predicted molar refractivity (Wildman–Crippen MR) is 102 cm³/mol. The van der Waals surface area contributed by atoms with Crippen LogP contribution in [0.25, 0.3) is 0 Å². The maximum absolute atomic E-state index is 12.3. The van der Waals surface area contributed by atoms with Crippen LogP contribution in [0.4, 0.5) is 0 Å². The smallest absolute Gasteiger partial charge is 0.271 e. The Hall–Kier alpha value is -1.63. The van der Waals surface area contributed by atoms with Crippen LogP contribution in [0, 0.1) is 9.49 Å². The molecule has 5 heteroatoms. The lowest BCUT2D eigenvalue weighted by molar-refractivity contribution is 0.0954. The fourth-order valence-corrected chi connectivity index (χ4v) is 3.15. The van der Waals surface area contributed by atoms with Crippen LogP contribution in [0.3, 0.4) is 0 Å². The molecule has 0 aromatic heterocycles. The van der Waals surface area contributed by atoms with Crippen molar-refractivity contribution in [1.29, 1.82) is 0 Å². The predicted octanol–water partition coefficient (Wildman–Crippen LogP) is 4.32. The van der Waals surface area contributed by atoms with Crippen molar-refractivity contribution in [2.45, 2.75) is 26.7 Å². The molecule has 1 amide bonds. The van der Waals surface area contributed by atoms with Gasteiger partial charge >= 0.3 is 0 Å². The zero-order valence-corrected chi connectivity index (χ0v) is 15.8. The number of hydrazone groups is 1. The number of ether oxygens (including phenoxy) is 1. The second-order valence-corrected chi connectivity index (χ2v) is 6.88. The molecule has 0 heterocycles. The van der Waals surface area contributed by atoms with Gasteiger partial charge < -0.3 is 4.74 Å². The average molecular weight is 424 g/mol. The Morgan fingerprint density at radius 3 is 2.83 bits per heavy atom. The van der Waals surface area contributed by atoms with E-state index in [1.54, 1.807) is 25.3 Å². The van der Waals surface area contributed by atoms with Gasteiger partial charge in [0, 0.05) is 5.56 Å². The van der Waals surface area contributed by atoms with Crippen LogP contribution < -0.4 is 10.2 Å². The minimum Gasteiger partial charge on any atom is -0.496 e. The Balaban J connectivity index is 2.11. The summed E-state index contributed by atoms with van der Waals surface area (Å²) in [5.74, 6) is 0.934. The van der Waals surface area contributed by atoms with Crippen molar-refractivity contribution in [1.82, 2.24) is 5.43 Å². The summed E-state index contributed by atoms with van der Waals surface area (Å²) >= 11 is 2.14. The molecule has 122 valence electrons. The maximum Gasteiger partial charge on any atom is 0.271 e. The summed E-state index contributed by atoms with van der Waals surface area (Å²) in [6.45, 7) is 8.08. The minimum atomic E-state index is -0.219. The first kappa shape index (κ1) is 17.7. The molecular weight excluding hydrogens is 403 g/mol. The highest BCUT2D eigenvalue weighted by molar-refractivity contribution is 14.1. The number of carbonyl (C=O) groups excluding carboxylic acids is 1. The van der Waals surface area contributed by atoms with Crippen molar-refractivity contribution in [2.24, 2.45) is 11.0 Å². The fraction of sp³-hybridized carbons (Fsp3) is 0.333. The number of carbonyl (C=O) groups is 1. The monoisotopic (exact) mass is 424 g/mol. The van der Waals surface area contributed by atoms with Gasteiger partial charge in [-0.25, -0.2) is 5.43 Å². The highest BCUT2D eigenvalue weighted by Gasteiger charge is 2.19. The van der Waals surface area contributed by atoms with E-state index in [4.69, 9.17) is 4.74 Å². The van der Waals surface area contributed by atoms with E-state index in [-0.39, 0.29) is 5.91 Å². The molecule has 0 saturated heterocycles. The Kier molecular flexibility index (Phi) is 5.98. The molecule has 4 nitrogen and oxygen atoms in total. The standard InChI is InChI=1S/C18H21IN2O2/c1-11(2)13-6-5-12(3)16(10-13)20-21-18(22)14-7-8-17(23-4)15(19)9-14/h5,7-9,13H,1,6,10H2,2-4H3,(H,21,22)/b20-16-. The zero-order chi connectivity index (χ0) is 17.0. The van der Waals surface area contributed by atoms with Crippen molar-refractivity contribution in [2.75, 3.05) is 7.11 Å². The topological polar surface area (TPSA) is 50.7 Å². The molecule has 2 rings (SSSR count). The summed E-state index contributed by atoms with van der Waals surface area (Å²) in [5, 5.41) is 4.32. The molecule has 1 N–H and O–H groups in total. The second kappa shape index (κ2) is 7.77. The lowest BCUT2D eigenvalue weighted by Crippen LogP contribution is -2.23. The van der Waals surface area contributed by atoms with Crippen LogP contribution in [-0.4, -0.2) is 18.7 Å². The van der Waals surface area contributed by atoms with Gasteiger partial charge in [0.25, 0.3) is 5.91 Å². The first-order valence-corrected chi connectivity index (χ1v) is 8.53. The largest absolute Gasteiger partial charge is 0.496 e. The molecule has 0 saturated carbocycles. The van der Waals surface area contributed by atoms with E-state index in [0.29, 0.717) is 11.5 Å². The van der Waals surface area contributed by atoms with Crippen molar-refractivity contribution in [3.63, 3.8) is 0 Å². The highest BCUT2D eigenvalue weighted by atomic mass is 127. The summed E-state index contributed by atoms with van der Waals surface area (Å²) in [6, 6.07) is 5.30. The van der Waals surface area contributed by atoms with Crippen molar-refractivity contribution in [3.05, 3.63) is 51.1 Å². The van der Waals surface area contributed by atoms with Gasteiger partial charge in [0.2, 0.25) is 0 Å². The molecule has 1 aromatic carbocycles. The van der Waals surface area contributed by atoms with Crippen molar-refractivity contribution < 1.29 is 9.53 Å². The van der Waals surface area contributed by atoms with Gasteiger partial charge in [-0.15, -0.1) is 0 Å². The Bertz CT molecular complexity index is 692. The van der Waals surface area contributed by atoms with E-state index in [1.165, 1.54) is 0 Å². The number of nitrogens with zero attached hydrogens (tertiary/aromatic N) is 1. The van der Waals surface area contributed by atoms with Gasteiger partial charge in [-0.05, 0) is 79.0 Å². The van der Waals surface area contributed by atoms with E-state index in [0.717, 1.165) is 39.0 Å². The van der Waals surface area contributed by atoms with E-state index < -0.39 is 0 Å². The number of nitrogens with one attached hydrogen (secondary N) is 1. The van der Waals surface area contributed by atoms with Gasteiger partial charge in [0.15, 0.2) is 0 Å². The maximum atomic E-state index is 12.3. The number of amides is 1. The lowest BCUT2D eigenvalue weighted by atomic mass is 9.85. The molecule has 1 aliphatic rings. The van der Waals surface area contributed by atoms with Crippen LogP contribution in [-0.2, 0) is 0 Å². The van der Waals surface area contributed by atoms with Crippen LogP contribution >= 0.6 is 22.6 Å². The SMILES string of the molecule is C=C(C)C1CC=C(C)/C(=N\NC(=O)c2ccc(OC)c(I)c2)C1. The van der Waals surface area contributed by atoms with Gasteiger partial charge in [-0.3, -0.25) is 4.79 Å². The molecule has 0 fully saturated rings. The van der Waals surface area contributed by atoms with Gasteiger partial charge in [-0.1, -0.05) is 18.2 Å². The Morgan fingerprint density at radius 2 is 2.22 bits per heavy atom. The normalized spacial score (nSPS) is 19.2. The third-order valence-corrected chi connectivity index (χ3v) is 4.85. The number of hydrogen-bond acceptors (Lipinski definition) is 3. The summed E-state index contributed by atoms with van der Waals surface area (Å²) in [7, 11) is 1.61. The molecule has 23 heavy (non-hydrogen) atoms. The average Bonchev–Trinajstić information content (AvgIpc) is 2.53. The van der Waals surface area contributed by atoms with Gasteiger partial charge in [0.1, 0.15) is 5.75 Å². The third kappa shape index (κ3) is 4.43. The quantitative estimate of drug-likeness (QED) is 0.445. The molecule has 1 atom stereocenters. The molecule has 0 bridgehead atoms. The molecule has 0 radical (unpaired) electrons. The number of halogens is 1. The van der Waals surface area contributed by atoms with Crippen LogP contribution in [0.1, 0.15) is 37.0 Å². The third-order valence-electron chi connectivity index (χ3n) is 4.01. The number of hydrogen-bond donors (Lipinski definition) is 1. The van der Waals surface area contributed by atoms with Crippen LogP contribution in [0.5, 0.6) is 5.75 Å². The minimum absolute atomic E-state index is 0.219. The number of rotatable bonds is 4. The molecule has 1 unspecified atom stereocenters. The van der Waals surface area contributed by atoms with Crippen LogP contribution in [0.2, 0.25) is 0 Å². The fourth-order valence-electron chi connectivity index (χ4n) is 2.41. The summed E-state index contributed by atoms with van der Waals surface area (Å²) in [4.78, 5) is 12.3. The summed E-state index contributed by atoms with van der Waals surface area (Å²) in [5.41, 5.74) is 6.41. The highest BCUT2D eigenvalue weighted by Crippen LogP contribution is 2.26. The van der Waals surface area contributed by atoms with E-state index in [2.05, 4.69) is 45.8 Å². The molecule has 0 aliphatic heterocycles. The van der Waals surface area contributed by atoms with Crippen LogP contribution in [0.15, 0.2) is 47.1 Å². The zero-order valence-electron chi connectivity index (χ0n) is 13.6. The van der Waals surface area contributed by atoms with Gasteiger partial charge in [-0.2, -0.15) is 5.10 Å². The van der Waals surface area contributed by atoms with Crippen molar-refractivity contribution >= 4 is 34.2 Å². The first-order valence-electron chi connectivity index (χ1n) is 7.45. The molecule has 1 aliphatic carbocycles. The van der Waals surface area contributed by atoms with Gasteiger partial charge in [0.05, 0.1) is 16.4 Å². The second-order valence-electron chi connectivity index (χ2n) is 5.72. The first-order chi connectivity index (χ1) is 10.9. The van der Waals surface area contributed by atoms with E-state index in [1.807, 2.05) is 13.8 Å². The molecular formula is C18H21IN2O2. The summed E-state index contributed by atoms with van der Waals surface area (Å²) in [6.07, 6.45) is 3.97. The Morgan fingerprint density at radius 1 is 1.48 bits per heavy atom.